The number of hydrogen-bond acceptors (Lipinski definition) is 6. The molecule has 168 valence electrons. The van der Waals surface area contributed by atoms with Gasteiger partial charge in [-0.25, -0.2) is 0 Å². The molecule has 1 saturated heterocycles. The van der Waals surface area contributed by atoms with Crippen LogP contribution in [-0.2, 0) is 4.79 Å². The molecule has 5 rings (SSSR count). The number of fused-ring (bicyclic) bond motifs is 1. The van der Waals surface area contributed by atoms with E-state index in [9.17, 15) is 4.79 Å². The van der Waals surface area contributed by atoms with Crippen LogP contribution in [0.25, 0.3) is 11.1 Å². The highest BCUT2D eigenvalue weighted by Gasteiger charge is 2.27. The van der Waals surface area contributed by atoms with Gasteiger partial charge in [0.15, 0.2) is 17.1 Å². The highest BCUT2D eigenvalue weighted by atomic mass is 16.5. The highest BCUT2D eigenvalue weighted by Crippen LogP contribution is 2.32. The Hall–Kier alpha value is -4.00. The van der Waals surface area contributed by atoms with E-state index in [1.807, 2.05) is 72.8 Å². The molecule has 4 aromatic rings. The summed E-state index contributed by atoms with van der Waals surface area (Å²) >= 11 is 0. The van der Waals surface area contributed by atoms with E-state index < -0.39 is 0 Å². The number of methoxy groups -OCH3 is 1. The van der Waals surface area contributed by atoms with Crippen molar-refractivity contribution in [3.63, 3.8) is 0 Å². The Bertz CT molecular complexity index is 1210. The summed E-state index contributed by atoms with van der Waals surface area (Å²) in [4.78, 5) is 19.5. The van der Waals surface area contributed by atoms with Gasteiger partial charge in [-0.1, -0.05) is 24.3 Å². The molecule has 0 aliphatic carbocycles. The third-order valence-corrected chi connectivity index (χ3v) is 5.84. The van der Waals surface area contributed by atoms with Crippen LogP contribution in [0.15, 0.2) is 77.2 Å². The maximum atomic E-state index is 12.8. The minimum Gasteiger partial charge on any atom is -0.493 e. The number of carbonyl (C=O) groups excluding carboxylic acids is 1. The minimum atomic E-state index is -0.0462. The van der Waals surface area contributed by atoms with Crippen LogP contribution in [0.5, 0.6) is 17.2 Å². The highest BCUT2D eigenvalue weighted by molar-refractivity contribution is 5.92. The van der Waals surface area contributed by atoms with Crippen LogP contribution < -0.4 is 19.7 Å². The molecule has 0 spiro atoms. The fourth-order valence-electron chi connectivity index (χ4n) is 4.01. The van der Waals surface area contributed by atoms with Crippen molar-refractivity contribution >= 4 is 28.7 Å². The Labute approximate surface area is 191 Å². The average Bonchev–Trinajstić information content (AvgIpc) is 3.30. The molecule has 33 heavy (non-hydrogen) atoms. The summed E-state index contributed by atoms with van der Waals surface area (Å²) in [6, 6.07) is 23.2. The second kappa shape index (κ2) is 9.24. The molecule has 1 amide bonds. The normalized spacial score (nSPS) is 14.3. The Morgan fingerprint density at radius 3 is 2.39 bits per heavy atom. The second-order valence-corrected chi connectivity index (χ2v) is 7.99. The number of para-hydroxylation sites is 4. The first-order valence-electron chi connectivity index (χ1n) is 11.0. The van der Waals surface area contributed by atoms with Crippen LogP contribution in [0.3, 0.4) is 0 Å². The molecule has 3 aromatic carbocycles. The van der Waals surface area contributed by atoms with Crippen molar-refractivity contribution in [1.29, 1.82) is 0 Å². The summed E-state index contributed by atoms with van der Waals surface area (Å²) in [5.74, 6) is 1.96. The number of nitrogens with zero attached hydrogens (tertiary/aromatic N) is 2. The Morgan fingerprint density at radius 1 is 0.970 bits per heavy atom. The second-order valence-electron chi connectivity index (χ2n) is 7.99. The van der Waals surface area contributed by atoms with Crippen molar-refractivity contribution in [1.82, 2.24) is 4.98 Å². The lowest BCUT2D eigenvalue weighted by Gasteiger charge is -2.30. The van der Waals surface area contributed by atoms with Gasteiger partial charge in [-0.3, -0.25) is 4.79 Å². The third kappa shape index (κ3) is 4.62. The molecule has 1 fully saturated rings. The van der Waals surface area contributed by atoms with Crippen LogP contribution in [0, 0.1) is 5.92 Å². The zero-order valence-electron chi connectivity index (χ0n) is 18.4. The van der Waals surface area contributed by atoms with E-state index in [0.29, 0.717) is 23.3 Å². The van der Waals surface area contributed by atoms with E-state index in [0.717, 1.165) is 42.7 Å². The predicted molar refractivity (Wildman–Crippen MR) is 127 cm³/mol. The maximum absolute atomic E-state index is 12.8. The van der Waals surface area contributed by atoms with Gasteiger partial charge in [0.25, 0.3) is 6.01 Å². The molecule has 0 atom stereocenters. The summed E-state index contributed by atoms with van der Waals surface area (Å²) in [7, 11) is 1.61. The smallest absolute Gasteiger partial charge is 0.298 e. The lowest BCUT2D eigenvalue weighted by atomic mass is 9.96. The van der Waals surface area contributed by atoms with Crippen LogP contribution in [0.4, 0.5) is 11.7 Å². The molecule has 7 heteroatoms. The van der Waals surface area contributed by atoms with Crippen LogP contribution in [0.2, 0.25) is 0 Å². The van der Waals surface area contributed by atoms with E-state index >= 15 is 0 Å². The first-order chi connectivity index (χ1) is 16.2. The topological polar surface area (TPSA) is 76.8 Å². The fraction of sp³-hybridized carbons (Fsp3) is 0.231. The third-order valence-electron chi connectivity index (χ3n) is 5.84. The molecule has 1 aliphatic heterocycles. The lowest BCUT2D eigenvalue weighted by molar-refractivity contribution is -0.120. The molecule has 0 radical (unpaired) electrons. The quantitative estimate of drug-likeness (QED) is 0.425. The number of ether oxygens (including phenoxy) is 2. The van der Waals surface area contributed by atoms with Gasteiger partial charge in [0.1, 0.15) is 11.3 Å². The van der Waals surface area contributed by atoms with Gasteiger partial charge >= 0.3 is 0 Å². The fourth-order valence-corrected chi connectivity index (χ4v) is 4.01. The molecular weight excluding hydrogens is 418 g/mol. The summed E-state index contributed by atoms with van der Waals surface area (Å²) < 4.78 is 17.1. The molecular formula is C26H25N3O4. The van der Waals surface area contributed by atoms with E-state index in [1.54, 1.807) is 7.11 Å². The summed E-state index contributed by atoms with van der Waals surface area (Å²) in [6.07, 6.45) is 1.50. The first kappa shape index (κ1) is 20.9. The van der Waals surface area contributed by atoms with Crippen molar-refractivity contribution in [2.24, 2.45) is 5.92 Å². The summed E-state index contributed by atoms with van der Waals surface area (Å²) in [5, 5.41) is 3.02. The van der Waals surface area contributed by atoms with E-state index in [1.165, 1.54) is 0 Å². The molecule has 2 heterocycles. The van der Waals surface area contributed by atoms with Crippen molar-refractivity contribution in [3.8, 4) is 17.2 Å². The van der Waals surface area contributed by atoms with Gasteiger partial charge < -0.3 is 24.1 Å². The summed E-state index contributed by atoms with van der Waals surface area (Å²) in [6.45, 7) is 1.47. The SMILES string of the molecule is COc1ccccc1Oc1ccc(NC(=O)C2CCN(c3nc4ccccc4o3)CC2)cc1. The van der Waals surface area contributed by atoms with Crippen molar-refractivity contribution < 1.29 is 18.7 Å². The number of amides is 1. The summed E-state index contributed by atoms with van der Waals surface area (Å²) in [5.41, 5.74) is 2.38. The minimum absolute atomic E-state index is 0.0330. The van der Waals surface area contributed by atoms with Gasteiger partial charge in [0.2, 0.25) is 5.91 Å². The van der Waals surface area contributed by atoms with E-state index in [4.69, 9.17) is 13.9 Å². The monoisotopic (exact) mass is 443 g/mol. The van der Waals surface area contributed by atoms with Crippen molar-refractivity contribution in [3.05, 3.63) is 72.8 Å². The lowest BCUT2D eigenvalue weighted by Crippen LogP contribution is -2.38. The number of aromatic nitrogens is 1. The van der Waals surface area contributed by atoms with E-state index in [-0.39, 0.29) is 11.8 Å². The van der Waals surface area contributed by atoms with Gasteiger partial charge in [0.05, 0.1) is 7.11 Å². The zero-order chi connectivity index (χ0) is 22.6. The predicted octanol–water partition coefficient (Wildman–Crippen LogP) is 5.48. The van der Waals surface area contributed by atoms with Crippen molar-refractivity contribution in [2.75, 3.05) is 30.4 Å². The molecule has 1 N–H and O–H groups in total. The van der Waals surface area contributed by atoms with Crippen molar-refractivity contribution in [2.45, 2.75) is 12.8 Å². The number of benzene rings is 3. The zero-order valence-corrected chi connectivity index (χ0v) is 18.4. The van der Waals surface area contributed by atoms with Crippen LogP contribution in [0.1, 0.15) is 12.8 Å². The molecule has 0 saturated carbocycles. The van der Waals surface area contributed by atoms with Gasteiger partial charge in [0, 0.05) is 24.7 Å². The average molecular weight is 444 g/mol. The molecule has 0 bridgehead atoms. The number of rotatable bonds is 6. The molecule has 1 aliphatic rings. The van der Waals surface area contributed by atoms with Gasteiger partial charge in [-0.2, -0.15) is 4.98 Å². The number of nitrogens with one attached hydrogen (secondary N) is 1. The number of oxazole rings is 1. The molecule has 7 nitrogen and oxygen atoms in total. The number of anilines is 2. The number of piperidine rings is 1. The first-order valence-corrected chi connectivity index (χ1v) is 11.0. The number of hydrogen-bond donors (Lipinski definition) is 1. The van der Waals surface area contributed by atoms with Gasteiger partial charge in [-0.15, -0.1) is 0 Å². The van der Waals surface area contributed by atoms with E-state index in [2.05, 4.69) is 15.2 Å². The Kier molecular flexibility index (Phi) is 5.85. The van der Waals surface area contributed by atoms with Crippen LogP contribution in [-0.4, -0.2) is 31.1 Å². The van der Waals surface area contributed by atoms with Gasteiger partial charge in [-0.05, 0) is 61.4 Å². The van der Waals surface area contributed by atoms with Crippen LogP contribution >= 0.6 is 0 Å². The number of carbonyl (C=O) groups is 1. The molecule has 0 unspecified atom stereocenters. The largest absolute Gasteiger partial charge is 0.493 e. The maximum Gasteiger partial charge on any atom is 0.298 e. The molecule has 1 aromatic heterocycles. The standard InChI is InChI=1S/C26H25N3O4/c1-31-23-8-4-5-9-24(23)32-20-12-10-19(11-13-20)27-25(30)18-14-16-29(17-15-18)26-28-21-6-2-3-7-22(21)33-26/h2-13,18H,14-17H2,1H3,(H,27,30). The Morgan fingerprint density at radius 2 is 1.67 bits per heavy atom. The Balaban J connectivity index is 1.16.